The van der Waals surface area contributed by atoms with E-state index in [1.165, 1.54) is 62.4 Å². The van der Waals surface area contributed by atoms with Gasteiger partial charge in [0.05, 0.1) is 14.2 Å². The Morgan fingerprint density at radius 1 is 0.750 bits per heavy atom. The van der Waals surface area contributed by atoms with E-state index in [1.54, 1.807) is 0 Å². The molecule has 6 heteroatoms. The maximum absolute atomic E-state index is 11.7. The lowest BCUT2D eigenvalue weighted by Crippen LogP contribution is -2.48. The highest BCUT2D eigenvalue weighted by Crippen LogP contribution is 2.38. The molecule has 0 bridgehead atoms. The van der Waals surface area contributed by atoms with Gasteiger partial charge < -0.3 is 19.3 Å². The lowest BCUT2D eigenvalue weighted by molar-refractivity contribution is -0.141. The van der Waals surface area contributed by atoms with Gasteiger partial charge in [0.25, 0.3) is 0 Å². The monoisotopic (exact) mass is 446 g/mol. The Morgan fingerprint density at radius 3 is 1.47 bits per heavy atom. The first-order valence-electron chi connectivity index (χ1n) is 12.5. The predicted octanol–water partition coefficient (Wildman–Crippen LogP) is 4.66. The first-order valence-corrected chi connectivity index (χ1v) is 12.5. The van der Waals surface area contributed by atoms with Gasteiger partial charge in [-0.3, -0.25) is 9.59 Å². The fraction of sp³-hybridized carbons (Fsp3) is 0.769. The number of allylic oxidation sites excluding steroid dienone is 4. The zero-order valence-electron chi connectivity index (χ0n) is 20.6. The Morgan fingerprint density at radius 2 is 1.12 bits per heavy atom. The van der Waals surface area contributed by atoms with Crippen LogP contribution in [0.25, 0.3) is 0 Å². The molecule has 1 aliphatic heterocycles. The molecule has 3 rings (SSSR count). The van der Waals surface area contributed by atoms with E-state index in [1.807, 2.05) is 0 Å². The van der Waals surface area contributed by atoms with Crippen molar-refractivity contribution in [1.29, 1.82) is 0 Å². The van der Waals surface area contributed by atoms with Crippen molar-refractivity contribution >= 4 is 11.9 Å². The number of carbonyl (C=O) groups is 2. The normalized spacial score (nSPS) is 24.6. The standard InChI is InChI=1S/C26H42N2O4/c1-19-7-5-9-21(11-13-23(29)31-3)25(19)27-15-17-28(18-16-27)26-20(2)8-6-10-22(26)12-14-24(30)32-4/h19-20H,5-18H2,1-4H3. The minimum Gasteiger partial charge on any atom is -0.469 e. The van der Waals surface area contributed by atoms with Gasteiger partial charge in [-0.2, -0.15) is 0 Å². The van der Waals surface area contributed by atoms with E-state index in [0.717, 1.165) is 51.9 Å². The number of nitrogens with zero attached hydrogens (tertiary/aromatic N) is 2. The summed E-state index contributed by atoms with van der Waals surface area (Å²) in [6, 6.07) is 0. The van der Waals surface area contributed by atoms with Crippen LogP contribution in [0.15, 0.2) is 22.5 Å². The van der Waals surface area contributed by atoms with Crippen LogP contribution in [0, 0.1) is 11.8 Å². The quantitative estimate of drug-likeness (QED) is 0.506. The van der Waals surface area contributed by atoms with Crippen LogP contribution in [0.4, 0.5) is 0 Å². The zero-order valence-corrected chi connectivity index (χ0v) is 20.6. The molecular formula is C26H42N2O4. The fourth-order valence-corrected chi connectivity index (χ4v) is 5.94. The lowest BCUT2D eigenvalue weighted by atomic mass is 9.84. The Bertz CT molecular complexity index is 672. The van der Waals surface area contributed by atoms with Crippen molar-refractivity contribution in [3.05, 3.63) is 22.5 Å². The molecule has 0 saturated carbocycles. The van der Waals surface area contributed by atoms with Gasteiger partial charge in [0.2, 0.25) is 0 Å². The fourth-order valence-electron chi connectivity index (χ4n) is 5.94. The first kappa shape index (κ1) is 24.7. The van der Waals surface area contributed by atoms with Crippen molar-refractivity contribution in [2.24, 2.45) is 11.8 Å². The minimum atomic E-state index is -0.113. The molecule has 0 aromatic heterocycles. The zero-order chi connectivity index (χ0) is 23.1. The van der Waals surface area contributed by atoms with Crippen molar-refractivity contribution in [3.8, 4) is 0 Å². The third-order valence-corrected chi connectivity index (χ3v) is 7.57. The Balaban J connectivity index is 1.70. The second kappa shape index (κ2) is 11.8. The average molecular weight is 447 g/mol. The lowest BCUT2D eigenvalue weighted by Gasteiger charge is -2.45. The molecule has 6 nitrogen and oxygen atoms in total. The van der Waals surface area contributed by atoms with Gasteiger partial charge in [-0.25, -0.2) is 0 Å². The number of esters is 2. The number of rotatable bonds is 8. The van der Waals surface area contributed by atoms with Crippen LogP contribution in [-0.4, -0.2) is 62.1 Å². The van der Waals surface area contributed by atoms with Gasteiger partial charge in [0.15, 0.2) is 0 Å². The second-order valence-electron chi connectivity index (χ2n) is 9.69. The van der Waals surface area contributed by atoms with Gasteiger partial charge in [-0.1, -0.05) is 25.0 Å². The number of ether oxygens (including phenoxy) is 2. The molecule has 0 aromatic carbocycles. The summed E-state index contributed by atoms with van der Waals surface area (Å²) in [6.45, 7) is 8.80. The van der Waals surface area contributed by atoms with Crippen molar-refractivity contribution in [2.75, 3.05) is 40.4 Å². The number of piperazine rings is 1. The highest BCUT2D eigenvalue weighted by Gasteiger charge is 2.31. The molecule has 1 saturated heterocycles. The van der Waals surface area contributed by atoms with Crippen LogP contribution >= 0.6 is 0 Å². The first-order chi connectivity index (χ1) is 15.4. The predicted molar refractivity (Wildman–Crippen MR) is 126 cm³/mol. The summed E-state index contributed by atoms with van der Waals surface area (Å²) in [5.74, 6) is 0.896. The van der Waals surface area contributed by atoms with Crippen LogP contribution in [0.2, 0.25) is 0 Å². The Hall–Kier alpha value is -1.98. The van der Waals surface area contributed by atoms with Crippen molar-refractivity contribution in [2.45, 2.75) is 78.1 Å². The van der Waals surface area contributed by atoms with E-state index >= 15 is 0 Å². The Labute approximate surface area is 194 Å². The maximum atomic E-state index is 11.7. The number of hydrogen-bond acceptors (Lipinski definition) is 6. The highest BCUT2D eigenvalue weighted by atomic mass is 16.5. The van der Waals surface area contributed by atoms with E-state index in [4.69, 9.17) is 9.47 Å². The molecule has 1 heterocycles. The summed E-state index contributed by atoms with van der Waals surface area (Å²) in [4.78, 5) is 28.6. The van der Waals surface area contributed by atoms with E-state index in [-0.39, 0.29) is 11.9 Å². The van der Waals surface area contributed by atoms with Crippen molar-refractivity contribution in [3.63, 3.8) is 0 Å². The van der Waals surface area contributed by atoms with Gasteiger partial charge >= 0.3 is 11.9 Å². The average Bonchev–Trinajstić information content (AvgIpc) is 2.81. The van der Waals surface area contributed by atoms with E-state index in [9.17, 15) is 9.59 Å². The van der Waals surface area contributed by atoms with Crippen LogP contribution in [0.3, 0.4) is 0 Å². The van der Waals surface area contributed by atoms with E-state index < -0.39 is 0 Å². The second-order valence-corrected chi connectivity index (χ2v) is 9.69. The van der Waals surface area contributed by atoms with Crippen LogP contribution in [0.5, 0.6) is 0 Å². The summed E-state index contributed by atoms with van der Waals surface area (Å²) in [7, 11) is 2.95. The smallest absolute Gasteiger partial charge is 0.305 e. The number of methoxy groups -OCH3 is 2. The molecule has 32 heavy (non-hydrogen) atoms. The number of carbonyl (C=O) groups excluding carboxylic acids is 2. The molecule has 0 radical (unpaired) electrons. The molecule has 0 spiro atoms. The van der Waals surface area contributed by atoms with Crippen LogP contribution < -0.4 is 0 Å². The largest absolute Gasteiger partial charge is 0.469 e. The molecule has 0 N–H and O–H groups in total. The topological polar surface area (TPSA) is 59.1 Å². The summed E-state index contributed by atoms with van der Waals surface area (Å²) < 4.78 is 9.75. The molecule has 2 aliphatic carbocycles. The summed E-state index contributed by atoms with van der Waals surface area (Å²) in [5, 5.41) is 0. The SMILES string of the molecule is COC(=O)CCC1=C(N2CCN(C3=C(CCC(=O)OC)CCCC3C)CC2)C(C)CCC1. The van der Waals surface area contributed by atoms with E-state index in [2.05, 4.69) is 23.6 Å². The van der Waals surface area contributed by atoms with Crippen molar-refractivity contribution in [1.82, 2.24) is 9.80 Å². The third kappa shape index (κ3) is 6.08. The molecule has 2 atom stereocenters. The maximum Gasteiger partial charge on any atom is 0.305 e. The molecule has 2 unspecified atom stereocenters. The third-order valence-electron chi connectivity index (χ3n) is 7.57. The summed E-state index contributed by atoms with van der Waals surface area (Å²) >= 11 is 0. The van der Waals surface area contributed by atoms with Gasteiger partial charge in [-0.15, -0.1) is 0 Å². The Kier molecular flexibility index (Phi) is 9.06. The highest BCUT2D eigenvalue weighted by molar-refractivity contribution is 5.69. The summed E-state index contributed by atoms with van der Waals surface area (Å²) in [5.41, 5.74) is 5.92. The summed E-state index contributed by atoms with van der Waals surface area (Å²) in [6.07, 6.45) is 9.73. The number of hydrogen-bond donors (Lipinski definition) is 0. The van der Waals surface area contributed by atoms with Gasteiger partial charge in [0.1, 0.15) is 0 Å². The molecular weight excluding hydrogens is 404 g/mol. The van der Waals surface area contributed by atoms with Crippen LogP contribution in [-0.2, 0) is 19.1 Å². The van der Waals surface area contributed by atoms with Gasteiger partial charge in [0, 0.05) is 50.4 Å². The molecule has 0 aromatic rings. The van der Waals surface area contributed by atoms with Crippen molar-refractivity contribution < 1.29 is 19.1 Å². The minimum absolute atomic E-state index is 0.113. The van der Waals surface area contributed by atoms with Crippen LogP contribution in [0.1, 0.15) is 78.1 Å². The molecule has 3 aliphatic rings. The molecule has 180 valence electrons. The van der Waals surface area contributed by atoms with E-state index in [0.29, 0.717) is 24.7 Å². The molecule has 1 fully saturated rings. The van der Waals surface area contributed by atoms with Gasteiger partial charge in [-0.05, 0) is 63.2 Å². The molecule has 0 amide bonds.